The number of nitrogens with zero attached hydrogens (tertiary/aromatic N) is 4. The van der Waals surface area contributed by atoms with Crippen molar-refractivity contribution in [2.24, 2.45) is 0 Å². The first-order chi connectivity index (χ1) is 11.3. The van der Waals surface area contributed by atoms with Gasteiger partial charge < -0.3 is 4.74 Å². The van der Waals surface area contributed by atoms with Crippen LogP contribution in [-0.2, 0) is 6.61 Å². The lowest BCUT2D eigenvalue weighted by molar-refractivity contribution is 0.306. The molecule has 1 aromatic carbocycles. The highest BCUT2D eigenvalue weighted by molar-refractivity contribution is 7.99. The van der Waals surface area contributed by atoms with Crippen LogP contribution in [0.3, 0.4) is 0 Å². The molecular weight excluding hydrogens is 332 g/mol. The van der Waals surface area contributed by atoms with Crippen LogP contribution in [0.4, 0.5) is 0 Å². The highest BCUT2D eigenvalue weighted by Gasteiger charge is 2.11. The Morgan fingerprint density at radius 2 is 2.04 bits per heavy atom. The molecule has 0 aliphatic rings. The maximum atomic E-state index is 5.92. The number of halogens is 1. The average molecular weight is 347 g/mol. The topological polar surface area (TPSA) is 52.8 Å². The molecule has 2 heterocycles. The molecule has 0 N–H and O–H groups in total. The van der Waals surface area contributed by atoms with Crippen LogP contribution >= 0.6 is 23.4 Å². The molecule has 0 spiro atoms. The predicted octanol–water partition coefficient (Wildman–Crippen LogP) is 4.01. The summed E-state index contributed by atoms with van der Waals surface area (Å²) >= 11 is 7.56. The van der Waals surface area contributed by atoms with Gasteiger partial charge in [-0.2, -0.15) is 5.10 Å². The Morgan fingerprint density at radius 3 is 2.83 bits per heavy atom. The molecule has 5 nitrogen and oxygen atoms in total. The maximum absolute atomic E-state index is 5.92. The van der Waals surface area contributed by atoms with Gasteiger partial charge in [0.25, 0.3) is 0 Å². The number of thioether (sulfide) groups is 1. The van der Waals surface area contributed by atoms with Crippen molar-refractivity contribution in [2.45, 2.75) is 18.4 Å². The number of hydrogen-bond acceptors (Lipinski definition) is 5. The molecule has 3 aromatic rings. The van der Waals surface area contributed by atoms with Crippen LogP contribution in [-0.4, -0.2) is 25.7 Å². The second-order valence-corrected chi connectivity index (χ2v) is 6.38. The minimum Gasteiger partial charge on any atom is -0.486 e. The van der Waals surface area contributed by atoms with Gasteiger partial charge in [0.05, 0.1) is 17.3 Å². The largest absolute Gasteiger partial charge is 0.486 e. The monoisotopic (exact) mass is 346 g/mol. The Kier molecular flexibility index (Phi) is 5.15. The fourth-order valence-electron chi connectivity index (χ4n) is 2.00. The van der Waals surface area contributed by atoms with E-state index in [0.717, 1.165) is 16.2 Å². The second kappa shape index (κ2) is 7.48. The first kappa shape index (κ1) is 15.8. The van der Waals surface area contributed by atoms with Gasteiger partial charge in [0.2, 0.25) is 0 Å². The maximum Gasteiger partial charge on any atom is 0.189 e. The summed E-state index contributed by atoms with van der Waals surface area (Å²) in [4.78, 5) is 0.935. The Bertz CT molecular complexity index is 779. The van der Waals surface area contributed by atoms with Crippen LogP contribution in [0.15, 0.2) is 53.7 Å². The lowest BCUT2D eigenvalue weighted by Gasteiger charge is -2.06. The van der Waals surface area contributed by atoms with E-state index in [-0.39, 0.29) is 0 Å². The number of ether oxygens (including phenoxy) is 1. The molecule has 2 aromatic heterocycles. The normalized spacial score (nSPS) is 10.7. The van der Waals surface area contributed by atoms with Crippen molar-refractivity contribution in [1.82, 2.24) is 20.0 Å². The van der Waals surface area contributed by atoms with E-state index in [2.05, 4.69) is 22.2 Å². The molecule has 0 saturated heterocycles. The van der Waals surface area contributed by atoms with E-state index in [1.807, 2.05) is 30.3 Å². The van der Waals surface area contributed by atoms with Crippen molar-refractivity contribution in [2.75, 3.05) is 5.75 Å². The SMILES string of the molecule is CCSc1cc(Cl)nnc1-n1cc(OCc2ccccc2)cn1. The summed E-state index contributed by atoms with van der Waals surface area (Å²) in [7, 11) is 0. The Labute approximate surface area is 143 Å². The molecule has 0 fully saturated rings. The summed E-state index contributed by atoms with van der Waals surface area (Å²) in [6.07, 6.45) is 3.46. The van der Waals surface area contributed by atoms with Gasteiger partial charge in [0.15, 0.2) is 16.7 Å². The minimum absolute atomic E-state index is 0.373. The van der Waals surface area contributed by atoms with Gasteiger partial charge in [-0.25, -0.2) is 4.68 Å². The van der Waals surface area contributed by atoms with E-state index in [9.17, 15) is 0 Å². The number of benzene rings is 1. The zero-order chi connectivity index (χ0) is 16.1. The summed E-state index contributed by atoms with van der Waals surface area (Å²) < 4.78 is 7.41. The van der Waals surface area contributed by atoms with Crippen molar-refractivity contribution in [3.05, 3.63) is 59.5 Å². The molecule has 0 aliphatic heterocycles. The van der Waals surface area contributed by atoms with Crippen LogP contribution in [0.25, 0.3) is 5.82 Å². The Morgan fingerprint density at radius 1 is 1.22 bits per heavy atom. The summed E-state index contributed by atoms with van der Waals surface area (Å²) in [5.74, 6) is 2.24. The van der Waals surface area contributed by atoms with Crippen molar-refractivity contribution in [3.8, 4) is 11.6 Å². The standard InChI is InChI=1S/C16H15ClN4OS/c1-2-23-14-8-15(17)19-20-16(14)21-10-13(9-18-21)22-11-12-6-4-3-5-7-12/h3-10H,2,11H2,1H3. The summed E-state index contributed by atoms with van der Waals surface area (Å²) in [5, 5.41) is 12.7. The van der Waals surface area contributed by atoms with Crippen LogP contribution in [0.2, 0.25) is 5.15 Å². The van der Waals surface area contributed by atoms with Gasteiger partial charge in [0.1, 0.15) is 6.61 Å². The van der Waals surface area contributed by atoms with E-state index in [0.29, 0.717) is 23.3 Å². The molecule has 0 atom stereocenters. The van der Waals surface area contributed by atoms with Crippen molar-refractivity contribution in [1.29, 1.82) is 0 Å². The third-order valence-corrected chi connectivity index (χ3v) is 4.12. The van der Waals surface area contributed by atoms with Gasteiger partial charge in [-0.05, 0) is 17.4 Å². The predicted molar refractivity (Wildman–Crippen MR) is 91.3 cm³/mol. The molecule has 0 radical (unpaired) electrons. The quantitative estimate of drug-likeness (QED) is 0.631. The zero-order valence-electron chi connectivity index (χ0n) is 12.5. The molecule has 118 valence electrons. The fraction of sp³-hybridized carbons (Fsp3) is 0.188. The molecule has 7 heteroatoms. The van der Waals surface area contributed by atoms with Crippen LogP contribution < -0.4 is 4.74 Å². The average Bonchev–Trinajstić information content (AvgIpc) is 3.03. The lowest BCUT2D eigenvalue weighted by atomic mass is 10.2. The van der Waals surface area contributed by atoms with Gasteiger partial charge in [0, 0.05) is 0 Å². The summed E-state index contributed by atoms with van der Waals surface area (Å²) in [6.45, 7) is 2.57. The number of rotatable bonds is 6. The number of aromatic nitrogens is 4. The Hall–Kier alpha value is -2.05. The number of hydrogen-bond donors (Lipinski definition) is 0. The van der Waals surface area contributed by atoms with Crippen molar-refractivity contribution >= 4 is 23.4 Å². The fourth-order valence-corrected chi connectivity index (χ4v) is 2.99. The smallest absolute Gasteiger partial charge is 0.189 e. The molecule has 23 heavy (non-hydrogen) atoms. The molecule has 0 bridgehead atoms. The van der Waals surface area contributed by atoms with E-state index >= 15 is 0 Å². The molecule has 0 amide bonds. The van der Waals surface area contributed by atoms with E-state index in [1.165, 1.54) is 0 Å². The minimum atomic E-state index is 0.373. The van der Waals surface area contributed by atoms with Gasteiger partial charge >= 0.3 is 0 Å². The van der Waals surface area contributed by atoms with Crippen LogP contribution in [0.5, 0.6) is 5.75 Å². The zero-order valence-corrected chi connectivity index (χ0v) is 14.1. The molecule has 0 aliphatic carbocycles. The Balaban J connectivity index is 1.76. The highest BCUT2D eigenvalue weighted by atomic mass is 35.5. The molecule has 0 unspecified atom stereocenters. The van der Waals surface area contributed by atoms with Crippen LogP contribution in [0, 0.1) is 0 Å². The van der Waals surface area contributed by atoms with E-state index in [4.69, 9.17) is 16.3 Å². The second-order valence-electron chi connectivity index (χ2n) is 4.68. The van der Waals surface area contributed by atoms with Crippen LogP contribution in [0.1, 0.15) is 12.5 Å². The first-order valence-electron chi connectivity index (χ1n) is 7.14. The van der Waals surface area contributed by atoms with Crippen molar-refractivity contribution < 1.29 is 4.74 Å². The van der Waals surface area contributed by atoms with Gasteiger partial charge in [-0.3, -0.25) is 0 Å². The third kappa shape index (κ3) is 4.03. The first-order valence-corrected chi connectivity index (χ1v) is 8.50. The molecule has 3 rings (SSSR count). The molecular formula is C16H15ClN4OS. The van der Waals surface area contributed by atoms with E-state index < -0.39 is 0 Å². The third-order valence-electron chi connectivity index (χ3n) is 3.03. The van der Waals surface area contributed by atoms with Gasteiger partial charge in [-0.1, -0.05) is 48.9 Å². The highest BCUT2D eigenvalue weighted by Crippen LogP contribution is 2.26. The summed E-state index contributed by atoms with van der Waals surface area (Å²) in [6, 6.07) is 11.8. The molecule has 0 saturated carbocycles. The lowest BCUT2D eigenvalue weighted by Crippen LogP contribution is -2.02. The van der Waals surface area contributed by atoms with Crippen molar-refractivity contribution in [3.63, 3.8) is 0 Å². The van der Waals surface area contributed by atoms with Gasteiger partial charge in [-0.15, -0.1) is 22.0 Å². The van der Waals surface area contributed by atoms with E-state index in [1.54, 1.807) is 34.9 Å². The summed E-state index contributed by atoms with van der Waals surface area (Å²) in [5.41, 5.74) is 1.11.